The van der Waals surface area contributed by atoms with Gasteiger partial charge in [-0.15, -0.1) is 0 Å². The first-order valence-electron chi connectivity index (χ1n) is 6.34. The van der Waals surface area contributed by atoms with Crippen LogP contribution in [0.3, 0.4) is 0 Å². The van der Waals surface area contributed by atoms with Crippen LogP contribution in [0.25, 0.3) is 0 Å². The Hall–Kier alpha value is -1.03. The molecule has 1 N–H and O–H groups in total. The van der Waals surface area contributed by atoms with Gasteiger partial charge in [0.2, 0.25) is 0 Å². The zero-order valence-electron chi connectivity index (χ0n) is 10.4. The quantitative estimate of drug-likeness (QED) is 0.863. The van der Waals surface area contributed by atoms with Gasteiger partial charge in [-0.1, -0.05) is 19.1 Å². The predicted molar refractivity (Wildman–Crippen MR) is 65.1 cm³/mol. The van der Waals surface area contributed by atoms with Gasteiger partial charge in [-0.2, -0.15) is 13.2 Å². The molecular weight excluding hydrogens is 239 g/mol. The van der Waals surface area contributed by atoms with Gasteiger partial charge in [0, 0.05) is 12.6 Å². The van der Waals surface area contributed by atoms with E-state index in [1.807, 2.05) is 0 Å². The maximum absolute atomic E-state index is 12.4. The first-order chi connectivity index (χ1) is 8.45. The summed E-state index contributed by atoms with van der Waals surface area (Å²) in [6, 6.07) is 5.91. The standard InChI is InChI=1S/C14H18F3N/c1-10-2-7-13(8-10)18-9-11-3-5-12(6-4-11)14(15,16)17/h3-6,10,13,18H,2,7-9H2,1H3. The number of alkyl halides is 3. The Balaban J connectivity index is 1.87. The second-order valence-electron chi connectivity index (χ2n) is 5.19. The van der Waals surface area contributed by atoms with Crippen LogP contribution < -0.4 is 5.32 Å². The lowest BCUT2D eigenvalue weighted by atomic mass is 10.1. The summed E-state index contributed by atoms with van der Waals surface area (Å²) < 4.78 is 37.1. The largest absolute Gasteiger partial charge is 0.416 e. The average Bonchev–Trinajstić information content (AvgIpc) is 2.72. The Morgan fingerprint density at radius 3 is 2.33 bits per heavy atom. The van der Waals surface area contributed by atoms with Crippen molar-refractivity contribution in [2.24, 2.45) is 5.92 Å². The fourth-order valence-electron chi connectivity index (χ4n) is 2.47. The van der Waals surface area contributed by atoms with Gasteiger partial charge in [0.15, 0.2) is 0 Å². The fourth-order valence-corrected chi connectivity index (χ4v) is 2.47. The average molecular weight is 257 g/mol. The summed E-state index contributed by atoms with van der Waals surface area (Å²) in [5.41, 5.74) is 0.322. The molecule has 1 nitrogen and oxygen atoms in total. The highest BCUT2D eigenvalue weighted by Gasteiger charge is 2.29. The molecule has 2 rings (SSSR count). The Bertz CT molecular complexity index is 383. The molecule has 0 heterocycles. The predicted octanol–water partition coefficient (Wildman–Crippen LogP) is 3.98. The van der Waals surface area contributed by atoms with E-state index in [1.165, 1.54) is 19.3 Å². The smallest absolute Gasteiger partial charge is 0.310 e. The SMILES string of the molecule is CC1CCC(NCc2ccc(C(F)(F)F)cc2)C1. The highest BCUT2D eigenvalue weighted by molar-refractivity contribution is 5.24. The summed E-state index contributed by atoms with van der Waals surface area (Å²) in [5.74, 6) is 0.759. The van der Waals surface area contributed by atoms with Crippen molar-refractivity contribution < 1.29 is 13.2 Å². The van der Waals surface area contributed by atoms with E-state index in [2.05, 4.69) is 12.2 Å². The van der Waals surface area contributed by atoms with Crippen LogP contribution in [-0.2, 0) is 12.7 Å². The molecular formula is C14H18F3N. The maximum Gasteiger partial charge on any atom is 0.416 e. The van der Waals surface area contributed by atoms with E-state index >= 15 is 0 Å². The van der Waals surface area contributed by atoms with Gasteiger partial charge < -0.3 is 5.32 Å². The molecule has 100 valence electrons. The molecule has 1 aromatic carbocycles. The van der Waals surface area contributed by atoms with E-state index in [1.54, 1.807) is 12.1 Å². The molecule has 0 spiro atoms. The molecule has 0 aliphatic heterocycles. The number of benzene rings is 1. The van der Waals surface area contributed by atoms with Crippen LogP contribution in [0, 0.1) is 5.92 Å². The Morgan fingerprint density at radius 1 is 1.17 bits per heavy atom. The molecule has 1 aromatic rings. The van der Waals surface area contributed by atoms with E-state index < -0.39 is 11.7 Å². The second kappa shape index (κ2) is 5.31. The lowest BCUT2D eigenvalue weighted by molar-refractivity contribution is -0.137. The summed E-state index contributed by atoms with van der Waals surface area (Å²) in [6.07, 6.45) is -0.667. The Kier molecular flexibility index (Phi) is 3.95. The minimum atomic E-state index is -4.24. The van der Waals surface area contributed by atoms with Crippen LogP contribution >= 0.6 is 0 Å². The van der Waals surface area contributed by atoms with Crippen molar-refractivity contribution in [3.8, 4) is 0 Å². The van der Waals surface area contributed by atoms with Crippen LogP contribution in [0.4, 0.5) is 13.2 Å². The number of rotatable bonds is 3. The van der Waals surface area contributed by atoms with Crippen LogP contribution in [0.2, 0.25) is 0 Å². The summed E-state index contributed by atoms with van der Waals surface area (Å²) in [6.45, 7) is 2.88. The molecule has 0 amide bonds. The molecule has 18 heavy (non-hydrogen) atoms. The minimum absolute atomic E-state index is 0.516. The molecule has 0 bridgehead atoms. The number of hydrogen-bond acceptors (Lipinski definition) is 1. The van der Waals surface area contributed by atoms with Gasteiger partial charge in [-0.25, -0.2) is 0 Å². The molecule has 1 fully saturated rings. The van der Waals surface area contributed by atoms with Crippen LogP contribution in [0.5, 0.6) is 0 Å². The van der Waals surface area contributed by atoms with Crippen molar-refractivity contribution >= 4 is 0 Å². The Labute approximate surface area is 105 Å². The van der Waals surface area contributed by atoms with Crippen LogP contribution in [-0.4, -0.2) is 6.04 Å². The van der Waals surface area contributed by atoms with Gasteiger partial charge in [0.25, 0.3) is 0 Å². The van der Waals surface area contributed by atoms with E-state index in [9.17, 15) is 13.2 Å². The molecule has 1 aliphatic rings. The first-order valence-corrected chi connectivity index (χ1v) is 6.34. The number of halogens is 3. The maximum atomic E-state index is 12.4. The second-order valence-corrected chi connectivity index (χ2v) is 5.19. The summed E-state index contributed by atoms with van der Waals surface area (Å²) in [4.78, 5) is 0. The van der Waals surface area contributed by atoms with Crippen molar-refractivity contribution in [1.29, 1.82) is 0 Å². The van der Waals surface area contributed by atoms with Crippen LogP contribution in [0.1, 0.15) is 37.3 Å². The molecule has 0 radical (unpaired) electrons. The molecule has 0 saturated heterocycles. The van der Waals surface area contributed by atoms with Crippen molar-refractivity contribution in [1.82, 2.24) is 5.32 Å². The molecule has 0 aromatic heterocycles. The Morgan fingerprint density at radius 2 is 1.83 bits per heavy atom. The van der Waals surface area contributed by atoms with Crippen molar-refractivity contribution in [2.75, 3.05) is 0 Å². The number of nitrogens with one attached hydrogen (secondary N) is 1. The minimum Gasteiger partial charge on any atom is -0.310 e. The van der Waals surface area contributed by atoms with Crippen molar-refractivity contribution in [3.63, 3.8) is 0 Å². The summed E-state index contributed by atoms with van der Waals surface area (Å²) in [5, 5.41) is 3.41. The fraction of sp³-hybridized carbons (Fsp3) is 0.571. The lowest BCUT2D eigenvalue weighted by Gasteiger charge is -2.13. The molecule has 1 saturated carbocycles. The van der Waals surface area contributed by atoms with E-state index in [0.717, 1.165) is 23.6 Å². The van der Waals surface area contributed by atoms with Gasteiger partial charge in [-0.3, -0.25) is 0 Å². The van der Waals surface area contributed by atoms with E-state index in [-0.39, 0.29) is 0 Å². The third-order valence-electron chi connectivity index (χ3n) is 3.57. The molecule has 1 aliphatic carbocycles. The van der Waals surface area contributed by atoms with Crippen molar-refractivity contribution in [3.05, 3.63) is 35.4 Å². The van der Waals surface area contributed by atoms with Crippen molar-refractivity contribution in [2.45, 2.75) is 44.9 Å². The monoisotopic (exact) mass is 257 g/mol. The topological polar surface area (TPSA) is 12.0 Å². The van der Waals surface area contributed by atoms with Gasteiger partial charge >= 0.3 is 6.18 Å². The summed E-state index contributed by atoms with van der Waals surface area (Å²) >= 11 is 0. The van der Waals surface area contributed by atoms with Crippen LogP contribution in [0.15, 0.2) is 24.3 Å². The van der Waals surface area contributed by atoms with Gasteiger partial charge in [0.05, 0.1) is 5.56 Å². The molecule has 2 unspecified atom stereocenters. The highest BCUT2D eigenvalue weighted by atomic mass is 19.4. The third-order valence-corrected chi connectivity index (χ3v) is 3.57. The summed E-state index contributed by atoms with van der Waals surface area (Å²) in [7, 11) is 0. The normalized spacial score (nSPS) is 24.4. The highest BCUT2D eigenvalue weighted by Crippen LogP contribution is 2.29. The molecule has 4 heteroatoms. The van der Waals surface area contributed by atoms with Gasteiger partial charge in [-0.05, 0) is 42.9 Å². The molecule has 2 atom stereocenters. The van der Waals surface area contributed by atoms with E-state index in [0.29, 0.717) is 12.6 Å². The first kappa shape index (κ1) is 13.4. The van der Waals surface area contributed by atoms with Gasteiger partial charge in [0.1, 0.15) is 0 Å². The number of hydrogen-bond donors (Lipinski definition) is 1. The van der Waals surface area contributed by atoms with E-state index in [4.69, 9.17) is 0 Å². The lowest BCUT2D eigenvalue weighted by Crippen LogP contribution is -2.25. The zero-order valence-corrected chi connectivity index (χ0v) is 10.4. The third kappa shape index (κ3) is 3.48. The zero-order chi connectivity index (χ0) is 13.2.